The van der Waals surface area contributed by atoms with Gasteiger partial charge in [0.1, 0.15) is 11.6 Å². The molecule has 0 aliphatic rings. The summed E-state index contributed by atoms with van der Waals surface area (Å²) in [5, 5.41) is 2.81. The maximum Gasteiger partial charge on any atom is 0.451 e. The molecule has 0 bridgehead atoms. The zero-order chi connectivity index (χ0) is 13.6. The number of nitrogens with one attached hydrogen (secondary N) is 2. The van der Waals surface area contributed by atoms with E-state index < -0.39 is 12.0 Å². The molecule has 1 aromatic heterocycles. The molecule has 1 rings (SSSR count). The van der Waals surface area contributed by atoms with Crippen molar-refractivity contribution in [2.24, 2.45) is 5.84 Å². The first-order valence-electron chi connectivity index (χ1n) is 5.13. The first-order valence-corrected chi connectivity index (χ1v) is 6.52. The Hall–Kier alpha value is -1.22. The summed E-state index contributed by atoms with van der Waals surface area (Å²) in [6, 6.07) is 1.33. The number of aromatic nitrogens is 2. The molecule has 0 amide bonds. The third-order valence-electron chi connectivity index (χ3n) is 1.96. The lowest BCUT2D eigenvalue weighted by atomic mass is 10.4. The molecule has 0 radical (unpaired) electrons. The molecule has 0 spiro atoms. The fourth-order valence-electron chi connectivity index (χ4n) is 1.17. The van der Waals surface area contributed by atoms with E-state index in [4.69, 9.17) is 5.84 Å². The molecule has 18 heavy (non-hydrogen) atoms. The van der Waals surface area contributed by atoms with Crippen molar-refractivity contribution in [3.8, 4) is 0 Å². The van der Waals surface area contributed by atoms with Crippen LogP contribution in [0.4, 0.5) is 24.8 Å². The summed E-state index contributed by atoms with van der Waals surface area (Å²) in [5.41, 5.74) is 2.09. The Morgan fingerprint density at radius 1 is 1.33 bits per heavy atom. The molecule has 0 aromatic carbocycles. The van der Waals surface area contributed by atoms with Crippen molar-refractivity contribution >= 4 is 23.4 Å². The lowest BCUT2D eigenvalue weighted by Crippen LogP contribution is -2.17. The number of halogens is 3. The summed E-state index contributed by atoms with van der Waals surface area (Å²) in [6.45, 7) is 0.541. The molecule has 0 unspecified atom stereocenters. The number of alkyl halides is 3. The molecule has 1 aromatic rings. The van der Waals surface area contributed by atoms with Crippen LogP contribution in [0.1, 0.15) is 12.2 Å². The Morgan fingerprint density at radius 2 is 2.00 bits per heavy atom. The largest absolute Gasteiger partial charge is 0.451 e. The minimum Gasteiger partial charge on any atom is -0.370 e. The highest BCUT2D eigenvalue weighted by atomic mass is 32.2. The Kier molecular flexibility index (Phi) is 5.48. The van der Waals surface area contributed by atoms with Crippen LogP contribution in [-0.4, -0.2) is 28.5 Å². The van der Waals surface area contributed by atoms with Gasteiger partial charge in [-0.1, -0.05) is 0 Å². The Labute approximate surface area is 107 Å². The van der Waals surface area contributed by atoms with Crippen LogP contribution in [0.15, 0.2) is 6.07 Å². The van der Waals surface area contributed by atoms with Crippen LogP contribution in [0.3, 0.4) is 0 Å². The van der Waals surface area contributed by atoms with Gasteiger partial charge in [0.05, 0.1) is 0 Å². The molecule has 0 saturated carbocycles. The number of nitrogens with two attached hydrogens (primary N) is 1. The van der Waals surface area contributed by atoms with Gasteiger partial charge in [0.25, 0.3) is 0 Å². The lowest BCUT2D eigenvalue weighted by Gasteiger charge is -2.11. The Morgan fingerprint density at radius 3 is 2.56 bits per heavy atom. The van der Waals surface area contributed by atoms with Crippen molar-refractivity contribution in [1.29, 1.82) is 0 Å². The monoisotopic (exact) mass is 281 g/mol. The van der Waals surface area contributed by atoms with Crippen LogP contribution in [0.2, 0.25) is 0 Å². The average molecular weight is 281 g/mol. The normalized spacial score (nSPS) is 11.4. The van der Waals surface area contributed by atoms with E-state index in [9.17, 15) is 13.2 Å². The van der Waals surface area contributed by atoms with Crippen LogP contribution in [-0.2, 0) is 6.18 Å². The summed E-state index contributed by atoms with van der Waals surface area (Å²) in [4.78, 5) is 6.65. The Balaban J connectivity index is 2.78. The second-order valence-electron chi connectivity index (χ2n) is 3.38. The first kappa shape index (κ1) is 14.8. The zero-order valence-corrected chi connectivity index (χ0v) is 10.5. The van der Waals surface area contributed by atoms with Crippen LogP contribution in [0, 0.1) is 0 Å². The molecule has 0 atom stereocenters. The van der Waals surface area contributed by atoms with E-state index in [2.05, 4.69) is 20.7 Å². The van der Waals surface area contributed by atoms with Gasteiger partial charge in [-0.3, -0.25) is 0 Å². The fraction of sp³-hybridized carbons (Fsp3) is 0.556. The number of nitrogen functional groups attached to an aromatic ring is 1. The number of hydrogen-bond donors (Lipinski definition) is 3. The van der Waals surface area contributed by atoms with E-state index in [0.717, 1.165) is 12.2 Å². The molecule has 0 aliphatic carbocycles. The molecule has 9 heteroatoms. The molecule has 1 heterocycles. The third kappa shape index (κ3) is 4.57. The van der Waals surface area contributed by atoms with Gasteiger partial charge in [-0.25, -0.2) is 15.8 Å². The number of rotatable bonds is 6. The van der Waals surface area contributed by atoms with E-state index in [1.807, 2.05) is 6.26 Å². The quantitative estimate of drug-likeness (QED) is 0.420. The average Bonchev–Trinajstić information content (AvgIpc) is 2.33. The van der Waals surface area contributed by atoms with Crippen molar-refractivity contribution in [2.45, 2.75) is 12.6 Å². The lowest BCUT2D eigenvalue weighted by molar-refractivity contribution is -0.144. The van der Waals surface area contributed by atoms with E-state index >= 15 is 0 Å². The maximum atomic E-state index is 12.5. The van der Waals surface area contributed by atoms with Gasteiger partial charge in [-0.15, -0.1) is 0 Å². The van der Waals surface area contributed by atoms with Crippen LogP contribution >= 0.6 is 11.8 Å². The predicted octanol–water partition coefficient (Wildman–Crippen LogP) is 1.95. The number of hydrogen-bond acceptors (Lipinski definition) is 6. The Bertz CT molecular complexity index is 385. The number of nitrogens with zero attached hydrogens (tertiary/aromatic N) is 2. The molecular weight excluding hydrogens is 267 g/mol. The molecular formula is C9H14F3N5S. The van der Waals surface area contributed by atoms with Crippen molar-refractivity contribution < 1.29 is 13.2 Å². The molecule has 0 saturated heterocycles. The highest BCUT2D eigenvalue weighted by molar-refractivity contribution is 7.98. The number of thioether (sulfide) groups is 1. The third-order valence-corrected chi connectivity index (χ3v) is 2.66. The summed E-state index contributed by atoms with van der Waals surface area (Å²) in [5.74, 6) is 4.80. The summed E-state index contributed by atoms with van der Waals surface area (Å²) in [7, 11) is 0. The summed E-state index contributed by atoms with van der Waals surface area (Å²) in [6.07, 6.45) is -1.80. The number of anilines is 2. The van der Waals surface area contributed by atoms with Gasteiger partial charge >= 0.3 is 6.18 Å². The van der Waals surface area contributed by atoms with Crippen molar-refractivity contribution in [1.82, 2.24) is 9.97 Å². The zero-order valence-electron chi connectivity index (χ0n) is 9.71. The summed E-state index contributed by atoms with van der Waals surface area (Å²) >= 11 is 1.67. The number of hydrazine groups is 1. The van der Waals surface area contributed by atoms with Gasteiger partial charge in [0.15, 0.2) is 0 Å². The van der Waals surface area contributed by atoms with Gasteiger partial charge < -0.3 is 10.7 Å². The highest BCUT2D eigenvalue weighted by Crippen LogP contribution is 2.28. The van der Waals surface area contributed by atoms with E-state index in [0.29, 0.717) is 6.54 Å². The van der Waals surface area contributed by atoms with Gasteiger partial charge in [-0.05, 0) is 18.4 Å². The highest BCUT2D eigenvalue weighted by Gasteiger charge is 2.35. The van der Waals surface area contributed by atoms with E-state index in [-0.39, 0.29) is 11.6 Å². The molecule has 102 valence electrons. The first-order chi connectivity index (χ1) is 8.47. The van der Waals surface area contributed by atoms with Crippen LogP contribution in [0.25, 0.3) is 0 Å². The topological polar surface area (TPSA) is 75.9 Å². The minimum atomic E-state index is -4.59. The van der Waals surface area contributed by atoms with Crippen molar-refractivity contribution in [2.75, 3.05) is 29.3 Å². The smallest absolute Gasteiger partial charge is 0.370 e. The van der Waals surface area contributed by atoms with Crippen LogP contribution < -0.4 is 16.6 Å². The van der Waals surface area contributed by atoms with Gasteiger partial charge in [-0.2, -0.15) is 24.9 Å². The standard InChI is InChI=1S/C9H14F3N5S/c1-18-4-2-3-14-6-5-7(17-13)16-8(15-6)9(10,11)12/h5H,2-4,13H2,1H3,(H2,14,15,16,17). The van der Waals surface area contributed by atoms with Gasteiger partial charge in [0.2, 0.25) is 5.82 Å². The van der Waals surface area contributed by atoms with Crippen molar-refractivity contribution in [3.63, 3.8) is 0 Å². The fourth-order valence-corrected chi connectivity index (χ4v) is 1.60. The van der Waals surface area contributed by atoms with E-state index in [1.54, 1.807) is 11.8 Å². The molecule has 5 nitrogen and oxygen atoms in total. The predicted molar refractivity (Wildman–Crippen MR) is 66.3 cm³/mol. The second-order valence-corrected chi connectivity index (χ2v) is 4.36. The molecule has 4 N–H and O–H groups in total. The molecule has 0 fully saturated rings. The minimum absolute atomic E-state index is 0.0790. The van der Waals surface area contributed by atoms with Crippen LogP contribution in [0.5, 0.6) is 0 Å². The maximum absolute atomic E-state index is 12.5. The van der Waals surface area contributed by atoms with Gasteiger partial charge in [0, 0.05) is 12.6 Å². The molecule has 0 aliphatic heterocycles. The van der Waals surface area contributed by atoms with E-state index in [1.165, 1.54) is 6.07 Å². The SMILES string of the molecule is CSCCCNc1cc(NN)nc(C(F)(F)F)n1. The van der Waals surface area contributed by atoms with Crippen molar-refractivity contribution in [3.05, 3.63) is 11.9 Å². The summed E-state index contributed by atoms with van der Waals surface area (Å²) < 4.78 is 37.5. The second kappa shape index (κ2) is 6.64.